The summed E-state index contributed by atoms with van der Waals surface area (Å²) in [6.45, 7) is 4.84. The smallest absolute Gasteiger partial charge is 0.270 e. The number of benzene rings is 2. The number of hydrogen-bond donors (Lipinski definition) is 2. The van der Waals surface area contributed by atoms with Crippen LogP contribution in [0.1, 0.15) is 23.0 Å². The Morgan fingerprint density at radius 1 is 1.17 bits per heavy atom. The van der Waals surface area contributed by atoms with E-state index in [1.165, 1.54) is 0 Å². The SMILES string of the molecule is COc1ccc2[nH]c3c(C)c4ccnc(C(=O)NC(C)CN(C)C)c4cc3c2c1. The van der Waals surface area contributed by atoms with E-state index in [9.17, 15) is 4.79 Å². The Morgan fingerprint density at radius 2 is 1.97 bits per heavy atom. The maximum Gasteiger partial charge on any atom is 0.270 e. The molecule has 6 nitrogen and oxygen atoms in total. The van der Waals surface area contributed by atoms with Crippen LogP contribution in [0.5, 0.6) is 5.75 Å². The standard InChI is InChI=1S/C23H26N4O2/c1-13(12-27(3)4)25-23(28)22-18-11-19-17-10-15(29-5)6-7-20(17)26-21(19)14(2)16(18)8-9-24-22/h6-11,13,26H,12H2,1-5H3,(H,25,28). The van der Waals surface area contributed by atoms with Gasteiger partial charge in [0.1, 0.15) is 11.4 Å². The van der Waals surface area contributed by atoms with Crippen molar-refractivity contribution in [2.24, 2.45) is 0 Å². The number of aromatic nitrogens is 2. The minimum absolute atomic E-state index is 0.0248. The predicted octanol–water partition coefficient (Wildman–Crippen LogP) is 3.87. The fourth-order valence-electron chi connectivity index (χ4n) is 4.06. The lowest BCUT2D eigenvalue weighted by atomic mass is 10.00. The van der Waals surface area contributed by atoms with Crippen molar-refractivity contribution in [1.82, 2.24) is 20.2 Å². The van der Waals surface area contributed by atoms with Crippen LogP contribution in [0.15, 0.2) is 36.5 Å². The van der Waals surface area contributed by atoms with E-state index in [-0.39, 0.29) is 11.9 Å². The number of ether oxygens (including phenoxy) is 1. The van der Waals surface area contributed by atoms with E-state index in [0.29, 0.717) is 5.69 Å². The number of carbonyl (C=O) groups is 1. The van der Waals surface area contributed by atoms with Gasteiger partial charge in [-0.15, -0.1) is 0 Å². The van der Waals surface area contributed by atoms with Crippen LogP contribution < -0.4 is 10.1 Å². The summed E-state index contributed by atoms with van der Waals surface area (Å²) in [4.78, 5) is 23.0. The topological polar surface area (TPSA) is 70.2 Å². The summed E-state index contributed by atoms with van der Waals surface area (Å²) >= 11 is 0. The predicted molar refractivity (Wildman–Crippen MR) is 118 cm³/mol. The van der Waals surface area contributed by atoms with Gasteiger partial charge in [0.2, 0.25) is 0 Å². The van der Waals surface area contributed by atoms with Crippen LogP contribution in [-0.4, -0.2) is 54.6 Å². The molecule has 0 bridgehead atoms. The summed E-state index contributed by atoms with van der Waals surface area (Å²) < 4.78 is 5.40. The van der Waals surface area contributed by atoms with Gasteiger partial charge in [-0.05, 0) is 69.2 Å². The number of fused-ring (bicyclic) bond motifs is 4. The van der Waals surface area contributed by atoms with Crippen LogP contribution >= 0.6 is 0 Å². The summed E-state index contributed by atoms with van der Waals surface area (Å²) in [7, 11) is 5.65. The lowest BCUT2D eigenvalue weighted by Gasteiger charge is -2.18. The first-order chi connectivity index (χ1) is 13.9. The number of carbonyl (C=O) groups excluding carboxylic acids is 1. The normalized spacial score (nSPS) is 12.8. The number of methoxy groups -OCH3 is 1. The van der Waals surface area contributed by atoms with Crippen LogP contribution in [0.3, 0.4) is 0 Å². The first-order valence-corrected chi connectivity index (χ1v) is 9.72. The zero-order valence-electron chi connectivity index (χ0n) is 17.5. The molecule has 0 radical (unpaired) electrons. The Kier molecular flexibility index (Phi) is 4.88. The molecule has 0 aliphatic rings. The zero-order chi connectivity index (χ0) is 20.7. The zero-order valence-corrected chi connectivity index (χ0v) is 17.5. The first kappa shape index (κ1) is 19.2. The second-order valence-electron chi connectivity index (χ2n) is 7.85. The van der Waals surface area contributed by atoms with Crippen LogP contribution in [-0.2, 0) is 0 Å². The van der Waals surface area contributed by atoms with Crippen molar-refractivity contribution in [3.8, 4) is 5.75 Å². The van der Waals surface area contributed by atoms with E-state index in [2.05, 4.69) is 33.2 Å². The molecule has 0 saturated carbocycles. The van der Waals surface area contributed by atoms with Gasteiger partial charge < -0.3 is 19.9 Å². The van der Waals surface area contributed by atoms with Gasteiger partial charge in [0, 0.05) is 40.5 Å². The van der Waals surface area contributed by atoms with Gasteiger partial charge in [-0.3, -0.25) is 9.78 Å². The number of likely N-dealkylation sites (N-methyl/N-ethyl adjacent to an activating group) is 1. The molecule has 29 heavy (non-hydrogen) atoms. The van der Waals surface area contributed by atoms with Crippen LogP contribution in [0.2, 0.25) is 0 Å². The van der Waals surface area contributed by atoms with Crippen LogP contribution in [0.4, 0.5) is 0 Å². The number of nitrogens with zero attached hydrogens (tertiary/aromatic N) is 2. The fraction of sp³-hybridized carbons (Fsp3) is 0.304. The molecule has 2 heterocycles. The Bertz CT molecular complexity index is 1230. The number of pyridine rings is 1. The molecule has 2 aromatic heterocycles. The molecule has 2 N–H and O–H groups in total. The Hall–Kier alpha value is -3.12. The maximum absolute atomic E-state index is 13.0. The van der Waals surface area contributed by atoms with Gasteiger partial charge in [-0.25, -0.2) is 0 Å². The number of nitrogens with one attached hydrogen (secondary N) is 2. The molecule has 150 valence electrons. The van der Waals surface area contributed by atoms with E-state index in [1.807, 2.05) is 45.3 Å². The molecule has 4 aromatic rings. The maximum atomic E-state index is 13.0. The molecule has 1 atom stereocenters. The van der Waals surface area contributed by atoms with Crippen molar-refractivity contribution in [2.45, 2.75) is 19.9 Å². The van der Waals surface area contributed by atoms with Gasteiger partial charge >= 0.3 is 0 Å². The van der Waals surface area contributed by atoms with Gasteiger partial charge in [-0.2, -0.15) is 0 Å². The van der Waals surface area contributed by atoms with Gasteiger partial charge in [0.25, 0.3) is 5.91 Å². The molecule has 1 unspecified atom stereocenters. The second kappa shape index (κ2) is 7.37. The third kappa shape index (κ3) is 3.40. The van der Waals surface area contributed by atoms with Crippen molar-refractivity contribution < 1.29 is 9.53 Å². The van der Waals surface area contributed by atoms with Crippen molar-refractivity contribution in [3.05, 3.63) is 47.8 Å². The summed E-state index contributed by atoms with van der Waals surface area (Å²) in [5, 5.41) is 7.08. The molecule has 0 saturated heterocycles. The van der Waals surface area contributed by atoms with Crippen molar-refractivity contribution in [3.63, 3.8) is 0 Å². The lowest BCUT2D eigenvalue weighted by Crippen LogP contribution is -2.39. The minimum Gasteiger partial charge on any atom is -0.497 e. The van der Waals surface area contributed by atoms with E-state index in [1.54, 1.807) is 13.3 Å². The summed E-state index contributed by atoms with van der Waals surface area (Å²) in [5.74, 6) is 0.652. The highest BCUT2D eigenvalue weighted by molar-refractivity contribution is 6.17. The first-order valence-electron chi connectivity index (χ1n) is 9.72. The minimum atomic E-state index is -0.152. The Morgan fingerprint density at radius 3 is 2.69 bits per heavy atom. The summed E-state index contributed by atoms with van der Waals surface area (Å²) in [6, 6.07) is 10.0. The number of amides is 1. The highest BCUT2D eigenvalue weighted by Crippen LogP contribution is 2.35. The second-order valence-corrected chi connectivity index (χ2v) is 7.85. The quantitative estimate of drug-likeness (QED) is 0.543. The largest absolute Gasteiger partial charge is 0.497 e. The molecule has 2 aromatic carbocycles. The monoisotopic (exact) mass is 390 g/mol. The molecule has 6 heteroatoms. The number of aryl methyl sites for hydroxylation is 1. The van der Waals surface area contributed by atoms with Crippen LogP contribution in [0.25, 0.3) is 32.6 Å². The fourth-order valence-corrected chi connectivity index (χ4v) is 4.06. The van der Waals surface area contributed by atoms with Gasteiger partial charge in [0.05, 0.1) is 12.6 Å². The molecule has 0 aliphatic heterocycles. The van der Waals surface area contributed by atoms with E-state index in [0.717, 1.165) is 50.4 Å². The number of rotatable bonds is 5. The molecule has 4 rings (SSSR count). The van der Waals surface area contributed by atoms with Crippen molar-refractivity contribution in [1.29, 1.82) is 0 Å². The average molecular weight is 390 g/mol. The van der Waals surface area contributed by atoms with Crippen molar-refractivity contribution in [2.75, 3.05) is 27.7 Å². The third-order valence-electron chi connectivity index (χ3n) is 5.34. The number of hydrogen-bond acceptors (Lipinski definition) is 4. The summed E-state index contributed by atoms with van der Waals surface area (Å²) in [5.41, 5.74) is 3.66. The van der Waals surface area contributed by atoms with Gasteiger partial charge in [0.15, 0.2) is 0 Å². The third-order valence-corrected chi connectivity index (χ3v) is 5.34. The molecule has 0 fully saturated rings. The van der Waals surface area contributed by atoms with Crippen LogP contribution in [0, 0.1) is 6.92 Å². The van der Waals surface area contributed by atoms with E-state index in [4.69, 9.17) is 4.74 Å². The molecule has 1 amide bonds. The number of aromatic amines is 1. The average Bonchev–Trinajstić information content (AvgIpc) is 3.05. The Labute approximate surface area is 169 Å². The summed E-state index contributed by atoms with van der Waals surface area (Å²) in [6.07, 6.45) is 1.71. The van der Waals surface area contributed by atoms with Crippen molar-refractivity contribution >= 4 is 38.5 Å². The highest BCUT2D eigenvalue weighted by Gasteiger charge is 2.18. The highest BCUT2D eigenvalue weighted by atomic mass is 16.5. The van der Waals surface area contributed by atoms with E-state index < -0.39 is 0 Å². The molecule has 0 aliphatic carbocycles. The van der Waals surface area contributed by atoms with E-state index >= 15 is 0 Å². The van der Waals surface area contributed by atoms with Gasteiger partial charge in [-0.1, -0.05) is 0 Å². The number of H-pyrrole nitrogens is 1. The molecular formula is C23H26N4O2. The lowest BCUT2D eigenvalue weighted by molar-refractivity contribution is 0.0931. The molecule has 0 spiro atoms. The molecular weight excluding hydrogens is 364 g/mol. The Balaban J connectivity index is 1.89.